The fourth-order valence-corrected chi connectivity index (χ4v) is 6.99. The number of anilines is 1. The Kier molecular flexibility index (Phi) is 7.78. The highest BCUT2D eigenvalue weighted by atomic mass is 35.5. The largest absolute Gasteiger partial charge is 0.435 e. The van der Waals surface area contributed by atoms with E-state index in [9.17, 15) is 41.4 Å². The summed E-state index contributed by atoms with van der Waals surface area (Å²) in [6, 6.07) is 2.61. The molecule has 1 unspecified atom stereocenters. The predicted molar refractivity (Wildman–Crippen MR) is 159 cm³/mol. The first-order chi connectivity index (χ1) is 22.6. The van der Waals surface area contributed by atoms with Crippen LogP contribution in [0.15, 0.2) is 30.6 Å². The first kappa shape index (κ1) is 32.5. The standard InChI is InChI=1S/C30H30ClF5N8O4/c1-42-20(18-12-44(22-6-29(22,32)33)41-25(18)30(34,35)36)8-38-26(42)28(48)39-14-2-3-15(19(31)5-14)27(47)40-24-16-10-43(11-17(16)24)23(46)4-13-7-37-9-21(13)45/h2-3,5,8,12-13,16-17,21-22,24,37,45H,4,6-7,9-11H2,1H3,(H,39,48)(H,40,47)/t13-,16-,17+,21-,22+,24?/m0/s1. The van der Waals surface area contributed by atoms with Crippen molar-refractivity contribution in [2.24, 2.45) is 24.8 Å². The van der Waals surface area contributed by atoms with E-state index in [1.165, 1.54) is 25.2 Å². The Hall–Kier alpha value is -4.09. The normalized spacial score (nSPS) is 27.1. The number of aliphatic hydroxyl groups excluding tert-OH is 1. The fourth-order valence-electron chi connectivity index (χ4n) is 6.72. The SMILES string of the molecule is Cn1c(-c2cn([C@@H]3CC3(F)F)nc2C(F)(F)F)cnc1C(=O)Nc1ccc(C(=O)NC2[C@H]3CN(C(=O)C[C@H]4CNC[C@@H]4O)C[C@@H]23)c(Cl)c1. The zero-order valence-electron chi connectivity index (χ0n) is 25.3. The van der Waals surface area contributed by atoms with Gasteiger partial charge in [-0.3, -0.25) is 19.1 Å². The molecule has 6 atom stereocenters. The Morgan fingerprint density at radius 1 is 1.15 bits per heavy atom. The number of likely N-dealkylation sites (tertiary alicyclic amines) is 1. The number of hydrogen-bond donors (Lipinski definition) is 4. The van der Waals surface area contributed by atoms with E-state index in [1.807, 2.05) is 0 Å². The highest BCUT2D eigenvalue weighted by molar-refractivity contribution is 6.34. The molecule has 48 heavy (non-hydrogen) atoms. The molecule has 7 rings (SSSR count). The number of carbonyl (C=O) groups is 3. The quantitative estimate of drug-likeness (QED) is 0.265. The summed E-state index contributed by atoms with van der Waals surface area (Å²) in [6.07, 6.45) is -3.92. The maximum Gasteiger partial charge on any atom is 0.435 e. The van der Waals surface area contributed by atoms with E-state index in [0.717, 1.165) is 17.0 Å². The van der Waals surface area contributed by atoms with Crippen LogP contribution in [0.4, 0.5) is 27.6 Å². The van der Waals surface area contributed by atoms with Gasteiger partial charge in [0.2, 0.25) is 5.91 Å². The van der Waals surface area contributed by atoms with Crippen LogP contribution in [-0.4, -0.2) is 91.3 Å². The number of rotatable bonds is 8. The number of piperidine rings is 1. The van der Waals surface area contributed by atoms with Gasteiger partial charge in [-0.15, -0.1) is 0 Å². The first-order valence-corrected chi connectivity index (χ1v) is 15.6. The van der Waals surface area contributed by atoms with Crippen molar-refractivity contribution in [1.29, 1.82) is 0 Å². The van der Waals surface area contributed by atoms with Gasteiger partial charge >= 0.3 is 6.18 Å². The number of nitrogens with zero attached hydrogens (tertiary/aromatic N) is 5. The van der Waals surface area contributed by atoms with E-state index >= 15 is 0 Å². The lowest BCUT2D eigenvalue weighted by Gasteiger charge is -2.22. The van der Waals surface area contributed by atoms with Crippen molar-refractivity contribution in [2.45, 2.75) is 43.1 Å². The molecule has 2 saturated carbocycles. The van der Waals surface area contributed by atoms with Crippen molar-refractivity contribution >= 4 is 35.0 Å². The van der Waals surface area contributed by atoms with Crippen molar-refractivity contribution < 1.29 is 41.4 Å². The molecule has 0 radical (unpaired) electrons. The van der Waals surface area contributed by atoms with Gasteiger partial charge in [-0.05, 0) is 18.2 Å². The Morgan fingerprint density at radius 2 is 1.85 bits per heavy atom. The number of benzene rings is 1. The minimum atomic E-state index is -4.95. The van der Waals surface area contributed by atoms with Gasteiger partial charge in [0.15, 0.2) is 11.5 Å². The van der Waals surface area contributed by atoms with E-state index in [0.29, 0.717) is 30.9 Å². The summed E-state index contributed by atoms with van der Waals surface area (Å²) in [7, 11) is 1.31. The van der Waals surface area contributed by atoms with Gasteiger partial charge in [-0.1, -0.05) is 11.6 Å². The molecule has 2 aliphatic carbocycles. The zero-order chi connectivity index (χ0) is 34.3. The topological polar surface area (TPSA) is 146 Å². The maximum atomic E-state index is 13.7. The van der Waals surface area contributed by atoms with Crippen molar-refractivity contribution in [3.05, 3.63) is 52.7 Å². The zero-order valence-corrected chi connectivity index (χ0v) is 26.0. The second-order valence-corrected chi connectivity index (χ2v) is 13.2. The van der Waals surface area contributed by atoms with Gasteiger partial charge in [0.25, 0.3) is 17.7 Å². The molecule has 1 aromatic carbocycles. The van der Waals surface area contributed by atoms with E-state index in [4.69, 9.17) is 11.6 Å². The first-order valence-electron chi connectivity index (χ1n) is 15.3. The molecule has 4 N–H and O–H groups in total. The predicted octanol–water partition coefficient (Wildman–Crippen LogP) is 2.95. The smallest absolute Gasteiger partial charge is 0.391 e. The maximum absolute atomic E-state index is 13.7. The van der Waals surface area contributed by atoms with Crippen LogP contribution >= 0.6 is 11.6 Å². The van der Waals surface area contributed by atoms with Crippen LogP contribution in [-0.2, 0) is 18.0 Å². The molecule has 0 bridgehead atoms. The monoisotopic (exact) mass is 696 g/mol. The average molecular weight is 697 g/mol. The van der Waals surface area contributed by atoms with Gasteiger partial charge < -0.3 is 30.5 Å². The number of carbonyl (C=O) groups excluding carboxylic acids is 3. The van der Waals surface area contributed by atoms with Crippen LogP contribution < -0.4 is 16.0 Å². The number of fused-ring (bicyclic) bond motifs is 1. The molecule has 3 aromatic rings. The minimum absolute atomic E-state index is 0.00873. The third-order valence-electron chi connectivity index (χ3n) is 9.64. The number of nitrogens with one attached hydrogen (secondary N) is 3. The summed E-state index contributed by atoms with van der Waals surface area (Å²) >= 11 is 6.38. The van der Waals surface area contributed by atoms with Crippen LogP contribution in [0.25, 0.3) is 11.3 Å². The molecule has 4 heterocycles. The Morgan fingerprint density at radius 3 is 2.46 bits per heavy atom. The number of hydrogen-bond acceptors (Lipinski definition) is 7. The summed E-state index contributed by atoms with van der Waals surface area (Å²) in [6.45, 7) is 2.13. The second kappa shape index (κ2) is 11.5. The van der Waals surface area contributed by atoms with Gasteiger partial charge in [0.1, 0.15) is 6.04 Å². The highest BCUT2D eigenvalue weighted by Crippen LogP contribution is 2.53. The van der Waals surface area contributed by atoms with Gasteiger partial charge in [0.05, 0.1) is 34.1 Å². The highest BCUT2D eigenvalue weighted by Gasteiger charge is 2.60. The summed E-state index contributed by atoms with van der Waals surface area (Å²) in [5.74, 6) is -4.50. The van der Waals surface area contributed by atoms with E-state index in [-0.39, 0.29) is 63.9 Å². The van der Waals surface area contributed by atoms with Crippen LogP contribution in [0.1, 0.15) is 45.6 Å². The number of aromatic nitrogens is 4. The lowest BCUT2D eigenvalue weighted by molar-refractivity contribution is -0.141. The van der Waals surface area contributed by atoms with Crippen LogP contribution in [0, 0.1) is 17.8 Å². The van der Waals surface area contributed by atoms with Crippen molar-refractivity contribution in [2.75, 3.05) is 31.5 Å². The van der Waals surface area contributed by atoms with Crippen LogP contribution in [0.3, 0.4) is 0 Å². The van der Waals surface area contributed by atoms with Crippen molar-refractivity contribution in [3.63, 3.8) is 0 Å². The van der Waals surface area contributed by atoms with E-state index in [2.05, 4.69) is 26.0 Å². The Labute approximate surface area is 274 Å². The van der Waals surface area contributed by atoms with Crippen LogP contribution in [0.5, 0.6) is 0 Å². The molecular formula is C30H30ClF5N8O4. The van der Waals surface area contributed by atoms with Gasteiger partial charge in [0, 0.05) is 81.7 Å². The number of halogens is 6. The summed E-state index contributed by atoms with van der Waals surface area (Å²) in [5.41, 5.74) is -1.69. The number of aliphatic hydroxyl groups is 1. The number of β-amino-alcohol motifs (C(OH)–C–C–N with tert-alkyl or cyclic N) is 1. The van der Waals surface area contributed by atoms with Crippen molar-refractivity contribution in [3.8, 4) is 11.3 Å². The van der Waals surface area contributed by atoms with Crippen LogP contribution in [0.2, 0.25) is 5.02 Å². The Bertz CT molecular complexity index is 1800. The average Bonchev–Trinajstić information content (AvgIpc) is 3.46. The number of alkyl halides is 5. The third kappa shape index (κ3) is 5.91. The van der Waals surface area contributed by atoms with Gasteiger partial charge in [-0.2, -0.15) is 18.3 Å². The fraction of sp³-hybridized carbons (Fsp3) is 0.500. The molecule has 18 heteroatoms. The minimum Gasteiger partial charge on any atom is -0.391 e. The third-order valence-corrected chi connectivity index (χ3v) is 9.95. The van der Waals surface area contributed by atoms with E-state index < -0.39 is 53.7 Å². The summed E-state index contributed by atoms with van der Waals surface area (Å²) in [4.78, 5) is 44.4. The molecule has 4 aliphatic rings. The van der Waals surface area contributed by atoms with Gasteiger partial charge in [-0.25, -0.2) is 13.8 Å². The number of amides is 3. The molecule has 0 spiro atoms. The molecular weight excluding hydrogens is 667 g/mol. The summed E-state index contributed by atoms with van der Waals surface area (Å²) < 4.78 is 70.1. The van der Waals surface area contributed by atoms with Crippen molar-refractivity contribution in [1.82, 2.24) is 34.9 Å². The molecule has 12 nitrogen and oxygen atoms in total. The summed E-state index contributed by atoms with van der Waals surface area (Å²) in [5, 5.41) is 22.0. The molecule has 2 aromatic heterocycles. The second-order valence-electron chi connectivity index (χ2n) is 12.8. The lowest BCUT2D eigenvalue weighted by Crippen LogP contribution is -2.38. The Balaban J connectivity index is 0.967. The molecule has 3 amide bonds. The number of imidazole rings is 1. The molecule has 256 valence electrons. The molecule has 4 fully saturated rings. The molecule has 2 aliphatic heterocycles. The lowest BCUT2D eigenvalue weighted by atomic mass is 10.0. The molecule has 2 saturated heterocycles. The van der Waals surface area contributed by atoms with E-state index in [1.54, 1.807) is 4.90 Å².